The fourth-order valence-corrected chi connectivity index (χ4v) is 2.93. The van der Waals surface area contributed by atoms with Crippen LogP contribution in [0.15, 0.2) is 43.1 Å². The summed E-state index contributed by atoms with van der Waals surface area (Å²) < 4.78 is 43.4. The number of aromatic nitrogens is 2. The second-order valence-electron chi connectivity index (χ2n) is 6.03. The molecule has 0 fully saturated rings. The zero-order valence-corrected chi connectivity index (χ0v) is 14.2. The Hall–Kier alpha value is -3.10. The molecule has 27 heavy (non-hydrogen) atoms. The lowest BCUT2D eigenvalue weighted by Gasteiger charge is -2.12. The van der Waals surface area contributed by atoms with E-state index < -0.39 is 28.6 Å². The van der Waals surface area contributed by atoms with Crippen LogP contribution in [0.25, 0.3) is 22.2 Å². The Morgan fingerprint density at radius 2 is 1.70 bits per heavy atom. The highest BCUT2D eigenvalue weighted by atomic mass is 19.4. The van der Waals surface area contributed by atoms with Crippen molar-refractivity contribution in [3.63, 3.8) is 0 Å². The quantitative estimate of drug-likeness (QED) is 0.727. The molecule has 0 saturated heterocycles. The largest absolute Gasteiger partial charge is 0.416 e. The molecule has 0 aliphatic carbocycles. The zero-order valence-electron chi connectivity index (χ0n) is 14.2. The Bertz CT molecular complexity index is 1150. The van der Waals surface area contributed by atoms with Gasteiger partial charge in [0.15, 0.2) is 0 Å². The third-order valence-corrected chi connectivity index (χ3v) is 4.19. The van der Waals surface area contributed by atoms with Gasteiger partial charge < -0.3 is 4.42 Å². The number of hydrogen-bond donors (Lipinski definition) is 2. The van der Waals surface area contributed by atoms with Gasteiger partial charge in [0.25, 0.3) is 5.56 Å². The number of benzene rings is 1. The van der Waals surface area contributed by atoms with E-state index in [-0.39, 0.29) is 22.2 Å². The van der Waals surface area contributed by atoms with E-state index in [0.717, 1.165) is 30.7 Å². The number of unbranched alkanes of at least 4 members (excludes halogenated alkanes) is 1. The fraction of sp³-hybridized carbons (Fsp3) is 0.278. The Morgan fingerprint density at radius 1 is 1.04 bits per heavy atom. The number of rotatable bonds is 4. The van der Waals surface area contributed by atoms with Crippen LogP contribution in [0.4, 0.5) is 13.2 Å². The number of H-pyrrole nitrogens is 2. The maximum Gasteiger partial charge on any atom is 0.416 e. The van der Waals surface area contributed by atoms with Gasteiger partial charge in [-0.25, -0.2) is 9.59 Å². The van der Waals surface area contributed by atoms with Crippen molar-refractivity contribution in [3.05, 3.63) is 66.7 Å². The van der Waals surface area contributed by atoms with Crippen molar-refractivity contribution in [1.29, 1.82) is 0 Å². The monoisotopic (exact) mass is 380 g/mol. The maximum atomic E-state index is 12.8. The number of aromatic amines is 2. The van der Waals surface area contributed by atoms with E-state index in [1.807, 2.05) is 6.92 Å². The summed E-state index contributed by atoms with van der Waals surface area (Å²) in [7, 11) is 0. The Morgan fingerprint density at radius 3 is 2.30 bits per heavy atom. The summed E-state index contributed by atoms with van der Waals surface area (Å²) in [4.78, 5) is 40.6. The molecule has 142 valence electrons. The van der Waals surface area contributed by atoms with Crippen LogP contribution < -0.4 is 16.9 Å². The van der Waals surface area contributed by atoms with E-state index in [1.165, 1.54) is 0 Å². The lowest BCUT2D eigenvalue weighted by Crippen LogP contribution is -2.25. The minimum absolute atomic E-state index is 0.0116. The van der Waals surface area contributed by atoms with Crippen LogP contribution in [-0.2, 0) is 12.6 Å². The van der Waals surface area contributed by atoms with Crippen molar-refractivity contribution in [2.75, 3.05) is 0 Å². The highest BCUT2D eigenvalue weighted by Crippen LogP contribution is 2.32. The molecule has 2 heterocycles. The summed E-state index contributed by atoms with van der Waals surface area (Å²) in [6, 6.07) is 4.05. The van der Waals surface area contributed by atoms with Crippen molar-refractivity contribution in [2.24, 2.45) is 0 Å². The number of alkyl halides is 3. The van der Waals surface area contributed by atoms with E-state index in [1.54, 1.807) is 0 Å². The lowest BCUT2D eigenvalue weighted by atomic mass is 9.95. The van der Waals surface area contributed by atoms with Crippen molar-refractivity contribution in [2.45, 2.75) is 32.4 Å². The van der Waals surface area contributed by atoms with E-state index >= 15 is 0 Å². The van der Waals surface area contributed by atoms with Gasteiger partial charge in [0.05, 0.1) is 11.1 Å². The number of halogens is 3. The van der Waals surface area contributed by atoms with E-state index in [2.05, 4.69) is 9.97 Å². The van der Waals surface area contributed by atoms with Gasteiger partial charge >= 0.3 is 17.5 Å². The molecule has 9 heteroatoms. The molecule has 6 nitrogen and oxygen atoms in total. The van der Waals surface area contributed by atoms with Gasteiger partial charge in [-0.3, -0.25) is 14.8 Å². The van der Waals surface area contributed by atoms with Gasteiger partial charge in [0.1, 0.15) is 5.39 Å². The van der Waals surface area contributed by atoms with Gasteiger partial charge in [-0.2, -0.15) is 13.2 Å². The first-order valence-corrected chi connectivity index (χ1v) is 8.22. The molecule has 0 amide bonds. The summed E-state index contributed by atoms with van der Waals surface area (Å²) in [5.74, 6) is 0. The molecule has 3 rings (SSSR count). The average Bonchev–Trinajstić information content (AvgIpc) is 2.58. The maximum absolute atomic E-state index is 12.8. The minimum atomic E-state index is -4.51. The van der Waals surface area contributed by atoms with Crippen LogP contribution in [0.2, 0.25) is 0 Å². The topological polar surface area (TPSA) is 95.9 Å². The van der Waals surface area contributed by atoms with E-state index in [9.17, 15) is 27.6 Å². The highest BCUT2D eigenvalue weighted by Gasteiger charge is 2.30. The van der Waals surface area contributed by atoms with Gasteiger partial charge in [-0.15, -0.1) is 0 Å². The van der Waals surface area contributed by atoms with Gasteiger partial charge in [0, 0.05) is 0 Å². The summed E-state index contributed by atoms with van der Waals surface area (Å²) in [5.41, 5.74) is -2.94. The Labute approximate surface area is 149 Å². The van der Waals surface area contributed by atoms with E-state index in [0.29, 0.717) is 18.4 Å². The standard InChI is InChI=1S/C18H15F3N2O4/c1-2-3-4-11-12(9-5-7-10(8-6-9)18(19,20)21)16(25)27-15-13(11)14(24)22-17(26)23-15/h5-8H,2-4H2,1H3,(H2,22,23,24,26). The zero-order chi connectivity index (χ0) is 19.8. The minimum Gasteiger partial charge on any atom is -0.405 e. The van der Waals surface area contributed by atoms with Crippen LogP contribution in [0.5, 0.6) is 0 Å². The predicted molar refractivity (Wildman–Crippen MR) is 92.8 cm³/mol. The van der Waals surface area contributed by atoms with Crippen molar-refractivity contribution >= 4 is 11.1 Å². The molecule has 0 atom stereocenters. The molecule has 0 bridgehead atoms. The van der Waals surface area contributed by atoms with Crippen molar-refractivity contribution in [3.8, 4) is 11.1 Å². The summed E-state index contributed by atoms with van der Waals surface area (Å²) >= 11 is 0. The molecule has 2 N–H and O–H groups in total. The molecule has 0 spiro atoms. The van der Waals surface area contributed by atoms with Gasteiger partial charge in [0.2, 0.25) is 5.71 Å². The number of fused-ring (bicyclic) bond motifs is 1. The summed E-state index contributed by atoms with van der Waals surface area (Å²) in [5, 5.41) is 0.0116. The first-order chi connectivity index (χ1) is 12.7. The van der Waals surface area contributed by atoms with Gasteiger partial charge in [-0.1, -0.05) is 25.5 Å². The number of hydrogen-bond acceptors (Lipinski definition) is 4. The first kappa shape index (κ1) is 18.7. The normalized spacial score (nSPS) is 11.9. The molecule has 0 aliphatic heterocycles. The first-order valence-electron chi connectivity index (χ1n) is 8.22. The second kappa shape index (κ2) is 6.90. The lowest BCUT2D eigenvalue weighted by molar-refractivity contribution is -0.137. The average molecular weight is 380 g/mol. The molecule has 2 aromatic heterocycles. The molecule has 0 aliphatic rings. The molecule has 0 radical (unpaired) electrons. The third kappa shape index (κ3) is 3.57. The van der Waals surface area contributed by atoms with Crippen LogP contribution in [-0.4, -0.2) is 9.97 Å². The van der Waals surface area contributed by atoms with Gasteiger partial charge in [-0.05, 0) is 36.1 Å². The Balaban J connectivity index is 2.31. The molecular weight excluding hydrogens is 365 g/mol. The molecular formula is C18H15F3N2O4. The van der Waals surface area contributed by atoms with Crippen LogP contribution >= 0.6 is 0 Å². The smallest absolute Gasteiger partial charge is 0.405 e. The molecule has 1 aromatic carbocycles. The summed E-state index contributed by atoms with van der Waals surface area (Å²) in [6.45, 7) is 1.91. The fourth-order valence-electron chi connectivity index (χ4n) is 2.93. The second-order valence-corrected chi connectivity index (χ2v) is 6.03. The van der Waals surface area contributed by atoms with Crippen LogP contribution in [0.1, 0.15) is 30.9 Å². The Kier molecular flexibility index (Phi) is 4.77. The molecule has 0 unspecified atom stereocenters. The predicted octanol–water partition coefficient (Wildman–Crippen LogP) is 3.20. The highest BCUT2D eigenvalue weighted by molar-refractivity contribution is 5.84. The summed E-state index contributed by atoms with van der Waals surface area (Å²) in [6.07, 6.45) is -2.79. The number of aryl methyl sites for hydroxylation is 1. The molecule has 0 saturated carbocycles. The van der Waals surface area contributed by atoms with Crippen LogP contribution in [0, 0.1) is 0 Å². The molecule has 3 aromatic rings. The van der Waals surface area contributed by atoms with Crippen molar-refractivity contribution in [1.82, 2.24) is 9.97 Å². The van der Waals surface area contributed by atoms with Crippen molar-refractivity contribution < 1.29 is 17.6 Å². The SMILES string of the molecule is CCCCc1c(-c2ccc(C(F)(F)F)cc2)c(=O)oc2[nH]c(=O)[nH]c(=O)c12. The van der Waals surface area contributed by atoms with Crippen LogP contribution in [0.3, 0.4) is 0 Å². The van der Waals surface area contributed by atoms with E-state index in [4.69, 9.17) is 4.42 Å². The number of nitrogens with one attached hydrogen (secondary N) is 2. The third-order valence-electron chi connectivity index (χ3n) is 4.19.